The minimum absolute atomic E-state index is 0.664. The lowest BCUT2D eigenvalue weighted by atomic mass is 9.91. The molecule has 1 aliphatic heterocycles. The Balaban J connectivity index is 1.22. The quantitative estimate of drug-likeness (QED) is 0.179. The molecule has 55 heavy (non-hydrogen) atoms. The van der Waals surface area contributed by atoms with Gasteiger partial charge in [0.05, 0.1) is 39.0 Å². The zero-order valence-corrected chi connectivity index (χ0v) is 30.2. The number of benzene rings is 8. The van der Waals surface area contributed by atoms with Crippen molar-refractivity contribution in [3.05, 3.63) is 170 Å². The van der Waals surface area contributed by atoms with E-state index in [1.54, 1.807) is 0 Å². The molecular weight excluding hydrogens is 689 g/mol. The molecule has 0 bridgehead atoms. The molecule has 0 N–H and O–H groups in total. The molecule has 5 heterocycles. The van der Waals surface area contributed by atoms with E-state index in [1.807, 2.05) is 11.3 Å². The van der Waals surface area contributed by atoms with Crippen molar-refractivity contribution in [1.82, 2.24) is 19.1 Å². The van der Waals surface area contributed by atoms with E-state index in [0.29, 0.717) is 5.95 Å². The third-order valence-corrected chi connectivity index (χ3v) is 12.8. The minimum atomic E-state index is 0.664. The molecule has 0 unspecified atom stereocenters. The van der Waals surface area contributed by atoms with Gasteiger partial charge in [-0.3, -0.25) is 4.57 Å². The summed E-state index contributed by atoms with van der Waals surface area (Å²) in [5, 5.41) is 8.36. The number of hydrogen-bond acceptors (Lipinski definition) is 3. The SMILES string of the molecule is c1ccc2c(c1)-c1ccccc1-n1c3ccccc3c3cc4c(c-2c31)c1ccccc1n4-c1nc(-c2cccc3sc4ccccc4c23)c2ccccc2n1. The Bertz CT molecular complexity index is 3620. The molecule has 0 amide bonds. The van der Waals surface area contributed by atoms with Crippen molar-refractivity contribution in [2.75, 3.05) is 0 Å². The zero-order chi connectivity index (χ0) is 35.8. The Kier molecular flexibility index (Phi) is 5.74. The van der Waals surface area contributed by atoms with E-state index >= 15 is 0 Å². The average molecular weight is 717 g/mol. The number of rotatable bonds is 2. The lowest BCUT2D eigenvalue weighted by molar-refractivity contribution is 1.01. The lowest BCUT2D eigenvalue weighted by Gasteiger charge is -2.14. The second kappa shape index (κ2) is 10.8. The van der Waals surface area contributed by atoms with Crippen LogP contribution in [-0.2, 0) is 0 Å². The predicted octanol–water partition coefficient (Wildman–Crippen LogP) is 13.5. The van der Waals surface area contributed by atoms with E-state index in [0.717, 1.165) is 33.2 Å². The van der Waals surface area contributed by atoms with Crippen molar-refractivity contribution in [3.63, 3.8) is 0 Å². The van der Waals surface area contributed by atoms with Gasteiger partial charge in [-0.1, -0.05) is 127 Å². The largest absolute Gasteiger partial charge is 0.308 e. The fourth-order valence-electron chi connectivity index (χ4n) is 9.47. The Morgan fingerprint density at radius 2 is 1.04 bits per heavy atom. The van der Waals surface area contributed by atoms with E-state index in [9.17, 15) is 0 Å². The first kappa shape index (κ1) is 29.4. The van der Waals surface area contributed by atoms with Crippen LogP contribution in [0.25, 0.3) is 120 Å². The van der Waals surface area contributed by atoms with Crippen LogP contribution in [0.15, 0.2) is 170 Å². The molecule has 0 spiro atoms. The van der Waals surface area contributed by atoms with Crippen molar-refractivity contribution in [2.45, 2.75) is 0 Å². The molecule has 4 aromatic heterocycles. The van der Waals surface area contributed by atoms with Gasteiger partial charge in [-0.2, -0.15) is 0 Å². The summed E-state index contributed by atoms with van der Waals surface area (Å²) < 4.78 is 7.35. The summed E-state index contributed by atoms with van der Waals surface area (Å²) in [6, 6.07) is 61.6. The normalized spacial score (nSPS) is 12.4. The minimum Gasteiger partial charge on any atom is -0.308 e. The highest BCUT2D eigenvalue weighted by Crippen LogP contribution is 2.52. The summed E-state index contributed by atoms with van der Waals surface area (Å²) in [5.74, 6) is 0.664. The zero-order valence-electron chi connectivity index (χ0n) is 29.4. The van der Waals surface area contributed by atoms with Gasteiger partial charge in [0, 0.05) is 63.8 Å². The summed E-state index contributed by atoms with van der Waals surface area (Å²) in [5.41, 5.74) is 13.7. The average Bonchev–Trinajstić information content (AvgIpc) is 3.87. The summed E-state index contributed by atoms with van der Waals surface area (Å²) in [6.45, 7) is 0. The molecule has 0 saturated carbocycles. The van der Waals surface area contributed by atoms with Gasteiger partial charge < -0.3 is 4.57 Å². The number of thiophene rings is 1. The fraction of sp³-hybridized carbons (Fsp3) is 0. The van der Waals surface area contributed by atoms with Crippen molar-refractivity contribution < 1.29 is 0 Å². The van der Waals surface area contributed by atoms with Crippen molar-refractivity contribution in [2.24, 2.45) is 0 Å². The highest BCUT2D eigenvalue weighted by atomic mass is 32.1. The Labute approximate surface area is 318 Å². The summed E-state index contributed by atoms with van der Waals surface area (Å²) in [7, 11) is 0. The Morgan fingerprint density at radius 1 is 0.400 bits per heavy atom. The Hall–Kier alpha value is -7.08. The first-order valence-electron chi connectivity index (χ1n) is 18.7. The Morgan fingerprint density at radius 3 is 1.91 bits per heavy atom. The number of fused-ring (bicyclic) bond motifs is 16. The maximum absolute atomic E-state index is 5.61. The van der Waals surface area contributed by atoms with Gasteiger partial charge in [-0.15, -0.1) is 11.3 Å². The molecule has 12 aromatic rings. The van der Waals surface area contributed by atoms with Crippen LogP contribution < -0.4 is 0 Å². The van der Waals surface area contributed by atoms with Crippen LogP contribution in [0, 0.1) is 0 Å². The van der Waals surface area contributed by atoms with Crippen LogP contribution in [0.5, 0.6) is 0 Å². The van der Waals surface area contributed by atoms with Gasteiger partial charge in [0.1, 0.15) is 0 Å². The molecule has 0 fully saturated rings. The van der Waals surface area contributed by atoms with E-state index in [1.165, 1.54) is 80.7 Å². The highest BCUT2D eigenvalue weighted by Gasteiger charge is 2.29. The standard InChI is InChI=1S/C50H28N4S/c1-2-17-32-29(14-1)30-15-4-9-23-39(30)53-40-24-10-5-16-31(40)37-28-42-46(47(32)49(37)53)34-19-6-11-25-41(34)54(42)50-51-38-22-8-3-18-33(38)48(52-50)36-21-13-27-44-45(36)35-20-7-12-26-43(35)55-44/h1-28H. The van der Waals surface area contributed by atoms with Crippen molar-refractivity contribution in [1.29, 1.82) is 0 Å². The first-order valence-corrected chi connectivity index (χ1v) is 19.5. The van der Waals surface area contributed by atoms with Crippen molar-refractivity contribution in [3.8, 4) is 45.1 Å². The van der Waals surface area contributed by atoms with Gasteiger partial charge >= 0.3 is 0 Å². The van der Waals surface area contributed by atoms with Crippen LogP contribution in [0.2, 0.25) is 0 Å². The second-order valence-electron chi connectivity index (χ2n) is 14.5. The molecular formula is C50H28N4S. The van der Waals surface area contributed by atoms with Crippen LogP contribution in [0.1, 0.15) is 0 Å². The summed E-state index contributed by atoms with van der Waals surface area (Å²) in [6.07, 6.45) is 0. The molecule has 13 rings (SSSR count). The number of nitrogens with zero attached hydrogens (tertiary/aromatic N) is 4. The van der Waals surface area contributed by atoms with Crippen LogP contribution in [0.3, 0.4) is 0 Å². The molecule has 0 aliphatic carbocycles. The molecule has 0 saturated heterocycles. The van der Waals surface area contributed by atoms with Gasteiger partial charge in [-0.05, 0) is 53.6 Å². The van der Waals surface area contributed by atoms with Crippen LogP contribution in [-0.4, -0.2) is 19.1 Å². The van der Waals surface area contributed by atoms with Crippen LogP contribution in [0.4, 0.5) is 0 Å². The smallest absolute Gasteiger partial charge is 0.235 e. The fourth-order valence-corrected chi connectivity index (χ4v) is 10.6. The molecule has 0 atom stereocenters. The number of para-hydroxylation sites is 4. The summed E-state index contributed by atoms with van der Waals surface area (Å²) >= 11 is 1.84. The van der Waals surface area contributed by atoms with Crippen molar-refractivity contribution >= 4 is 86.0 Å². The van der Waals surface area contributed by atoms with Gasteiger partial charge in [-0.25, -0.2) is 9.97 Å². The molecule has 5 heteroatoms. The van der Waals surface area contributed by atoms with E-state index in [2.05, 4.69) is 179 Å². The first-order chi connectivity index (χ1) is 27.3. The lowest BCUT2D eigenvalue weighted by Crippen LogP contribution is -2.03. The topological polar surface area (TPSA) is 35.6 Å². The monoisotopic (exact) mass is 716 g/mol. The third kappa shape index (κ3) is 3.84. The maximum Gasteiger partial charge on any atom is 0.235 e. The maximum atomic E-state index is 5.61. The third-order valence-electron chi connectivity index (χ3n) is 11.7. The summed E-state index contributed by atoms with van der Waals surface area (Å²) in [4.78, 5) is 11.0. The van der Waals surface area contributed by atoms with Crippen LogP contribution >= 0.6 is 11.3 Å². The van der Waals surface area contributed by atoms with Gasteiger partial charge in [0.15, 0.2) is 0 Å². The molecule has 254 valence electrons. The van der Waals surface area contributed by atoms with Gasteiger partial charge in [0.25, 0.3) is 0 Å². The van der Waals surface area contributed by atoms with E-state index in [4.69, 9.17) is 9.97 Å². The second-order valence-corrected chi connectivity index (χ2v) is 15.6. The molecule has 1 aliphatic rings. The molecule has 8 aromatic carbocycles. The molecule has 4 nitrogen and oxygen atoms in total. The molecule has 0 radical (unpaired) electrons. The van der Waals surface area contributed by atoms with E-state index < -0.39 is 0 Å². The number of hydrogen-bond donors (Lipinski definition) is 0. The predicted molar refractivity (Wildman–Crippen MR) is 231 cm³/mol. The number of aromatic nitrogens is 4. The van der Waals surface area contributed by atoms with E-state index in [-0.39, 0.29) is 0 Å². The highest BCUT2D eigenvalue weighted by molar-refractivity contribution is 7.25. The van der Waals surface area contributed by atoms with Gasteiger partial charge in [0.2, 0.25) is 5.95 Å².